The number of ketones is 1. The molecular formula is C31H29N3O4. The fraction of sp³-hybridized carbons (Fsp3) is 0.161. The van der Waals surface area contributed by atoms with E-state index in [-0.39, 0.29) is 18.2 Å². The number of pyridine rings is 1. The number of aromatic nitrogens is 1. The van der Waals surface area contributed by atoms with Gasteiger partial charge in [0.15, 0.2) is 5.78 Å². The molecule has 38 heavy (non-hydrogen) atoms. The lowest BCUT2D eigenvalue weighted by Gasteiger charge is -2.12. The number of carboxylic acids is 1. The van der Waals surface area contributed by atoms with Crippen LogP contribution >= 0.6 is 0 Å². The smallest absolute Gasteiger partial charge is 0.324 e. The topological polar surface area (TPSA) is 108 Å². The second-order valence-electron chi connectivity index (χ2n) is 9.24. The highest BCUT2D eigenvalue weighted by Gasteiger charge is 2.22. The predicted octanol–water partition coefficient (Wildman–Crippen LogP) is 6.53. The summed E-state index contributed by atoms with van der Waals surface area (Å²) in [6.07, 6.45) is 1.87. The van der Waals surface area contributed by atoms with Crippen LogP contribution in [0.5, 0.6) is 0 Å². The fourth-order valence-electron chi connectivity index (χ4n) is 4.07. The number of anilines is 2. The Kier molecular flexibility index (Phi) is 8.28. The monoisotopic (exact) mass is 507 g/mol. The predicted molar refractivity (Wildman–Crippen MR) is 148 cm³/mol. The number of benzene rings is 3. The molecule has 1 unspecified atom stereocenters. The highest BCUT2D eigenvalue weighted by atomic mass is 16.4. The van der Waals surface area contributed by atoms with E-state index in [1.807, 2.05) is 68.4 Å². The van der Waals surface area contributed by atoms with Crippen molar-refractivity contribution >= 4 is 29.3 Å². The first kappa shape index (κ1) is 26.3. The third-order valence-electron chi connectivity index (χ3n) is 6.42. The summed E-state index contributed by atoms with van der Waals surface area (Å²) < 4.78 is 0. The second-order valence-corrected chi connectivity index (χ2v) is 9.24. The summed E-state index contributed by atoms with van der Waals surface area (Å²) in [4.78, 5) is 41.2. The zero-order chi connectivity index (χ0) is 27.1. The van der Waals surface area contributed by atoms with Crippen LogP contribution in [0, 0.1) is 19.8 Å². The maximum atomic E-state index is 12.8. The van der Waals surface area contributed by atoms with Crippen LogP contribution in [-0.4, -0.2) is 27.9 Å². The van der Waals surface area contributed by atoms with Gasteiger partial charge in [0.05, 0.1) is 5.92 Å². The van der Waals surface area contributed by atoms with Gasteiger partial charge in [0, 0.05) is 29.4 Å². The van der Waals surface area contributed by atoms with E-state index >= 15 is 0 Å². The summed E-state index contributed by atoms with van der Waals surface area (Å²) in [5.41, 5.74) is 5.95. The van der Waals surface area contributed by atoms with Crippen LogP contribution in [0.25, 0.3) is 11.1 Å². The van der Waals surface area contributed by atoms with Crippen molar-refractivity contribution in [3.05, 3.63) is 113 Å². The van der Waals surface area contributed by atoms with Gasteiger partial charge in [-0.1, -0.05) is 60.7 Å². The molecule has 0 aliphatic rings. The van der Waals surface area contributed by atoms with Crippen LogP contribution in [0.2, 0.25) is 0 Å². The normalized spacial score (nSPS) is 11.4. The van der Waals surface area contributed by atoms with Gasteiger partial charge in [-0.25, -0.2) is 9.78 Å². The molecule has 0 saturated heterocycles. The molecule has 4 aromatic rings. The van der Waals surface area contributed by atoms with Crippen molar-refractivity contribution in [1.29, 1.82) is 0 Å². The second kappa shape index (κ2) is 12.0. The van der Waals surface area contributed by atoms with Gasteiger partial charge in [-0.3, -0.25) is 14.9 Å². The highest BCUT2D eigenvalue weighted by molar-refractivity contribution is 5.99. The molecule has 0 bridgehead atoms. The number of amides is 2. The van der Waals surface area contributed by atoms with Crippen LogP contribution in [0.4, 0.5) is 16.3 Å². The van der Waals surface area contributed by atoms with Gasteiger partial charge in [0.2, 0.25) is 0 Å². The number of nitrogens with zero attached hydrogens (tertiary/aromatic N) is 1. The molecule has 0 aliphatic heterocycles. The van der Waals surface area contributed by atoms with E-state index in [1.165, 1.54) is 0 Å². The number of Topliss-reactive ketones (excluding diaryl/α,β-unsaturated/α-hetero) is 1. The van der Waals surface area contributed by atoms with Gasteiger partial charge in [0.1, 0.15) is 5.82 Å². The third kappa shape index (κ3) is 6.91. The van der Waals surface area contributed by atoms with Crippen LogP contribution in [0.3, 0.4) is 0 Å². The largest absolute Gasteiger partial charge is 0.481 e. The molecule has 7 heteroatoms. The van der Waals surface area contributed by atoms with Crippen LogP contribution < -0.4 is 10.6 Å². The number of urea groups is 1. The number of rotatable bonds is 9. The van der Waals surface area contributed by atoms with Crippen molar-refractivity contribution in [2.45, 2.75) is 26.7 Å². The summed E-state index contributed by atoms with van der Waals surface area (Å²) in [5.74, 6) is -1.59. The molecule has 0 aliphatic carbocycles. The van der Waals surface area contributed by atoms with Crippen molar-refractivity contribution in [2.24, 2.45) is 5.92 Å². The Morgan fingerprint density at radius 1 is 0.816 bits per heavy atom. The minimum absolute atomic E-state index is 0.0737. The first-order valence-corrected chi connectivity index (χ1v) is 12.3. The molecule has 0 saturated carbocycles. The Bertz CT molecular complexity index is 1430. The first-order chi connectivity index (χ1) is 18.3. The minimum atomic E-state index is -0.985. The summed E-state index contributed by atoms with van der Waals surface area (Å²) in [6.45, 7) is 4.00. The zero-order valence-corrected chi connectivity index (χ0v) is 21.3. The Morgan fingerprint density at radius 2 is 1.53 bits per heavy atom. The maximum Gasteiger partial charge on any atom is 0.324 e. The Labute approximate surface area is 221 Å². The average Bonchev–Trinajstić information content (AvgIpc) is 2.91. The lowest BCUT2D eigenvalue weighted by Crippen LogP contribution is -2.20. The lowest BCUT2D eigenvalue weighted by atomic mass is 9.92. The minimum Gasteiger partial charge on any atom is -0.481 e. The standard InChI is InChI=1S/C31H29N3O4/c1-20-8-14-27(16-21(20)2)33-31(38)34-29-15-13-25(19-32-29)23-9-11-24(12-10-23)28(35)18-26(30(36)37)17-22-6-4-3-5-7-22/h3-16,19,26H,17-18H2,1-2H3,(H,36,37)(H2,32,33,34,38). The molecular weight excluding hydrogens is 478 g/mol. The SMILES string of the molecule is Cc1ccc(NC(=O)Nc2ccc(-c3ccc(C(=O)CC(Cc4ccccc4)C(=O)O)cc3)cn2)cc1C. The number of carbonyl (C=O) groups excluding carboxylic acids is 2. The van der Waals surface area contributed by atoms with E-state index < -0.39 is 11.9 Å². The van der Waals surface area contributed by atoms with Crippen molar-refractivity contribution < 1.29 is 19.5 Å². The van der Waals surface area contributed by atoms with Crippen LogP contribution in [0.1, 0.15) is 33.5 Å². The molecule has 1 aromatic heterocycles. The van der Waals surface area contributed by atoms with Gasteiger partial charge >= 0.3 is 12.0 Å². The summed E-state index contributed by atoms with van der Waals surface area (Å²) >= 11 is 0. The van der Waals surface area contributed by atoms with Crippen molar-refractivity contribution in [3.63, 3.8) is 0 Å². The van der Waals surface area contributed by atoms with Gasteiger partial charge < -0.3 is 10.4 Å². The van der Waals surface area contributed by atoms with Crippen molar-refractivity contribution in [2.75, 3.05) is 10.6 Å². The molecule has 0 spiro atoms. The van der Waals surface area contributed by atoms with Crippen molar-refractivity contribution in [3.8, 4) is 11.1 Å². The van der Waals surface area contributed by atoms with Gasteiger partial charge in [-0.15, -0.1) is 0 Å². The molecule has 3 aromatic carbocycles. The lowest BCUT2D eigenvalue weighted by molar-refractivity contribution is -0.141. The molecule has 4 rings (SSSR count). The van der Waals surface area contributed by atoms with Gasteiger partial charge in [-0.2, -0.15) is 0 Å². The van der Waals surface area contributed by atoms with E-state index in [2.05, 4.69) is 15.6 Å². The summed E-state index contributed by atoms with van der Waals surface area (Å²) in [7, 11) is 0. The molecule has 1 atom stereocenters. The van der Waals surface area contributed by atoms with Crippen LogP contribution in [0.15, 0.2) is 91.1 Å². The van der Waals surface area contributed by atoms with Crippen LogP contribution in [-0.2, 0) is 11.2 Å². The van der Waals surface area contributed by atoms with E-state index in [0.717, 1.165) is 27.8 Å². The average molecular weight is 508 g/mol. The molecule has 0 fully saturated rings. The van der Waals surface area contributed by atoms with E-state index in [4.69, 9.17) is 0 Å². The quantitative estimate of drug-likeness (QED) is 0.223. The highest BCUT2D eigenvalue weighted by Crippen LogP contribution is 2.22. The Morgan fingerprint density at radius 3 is 2.16 bits per heavy atom. The van der Waals surface area contributed by atoms with E-state index in [9.17, 15) is 19.5 Å². The summed E-state index contributed by atoms with van der Waals surface area (Å²) in [6, 6.07) is 25.2. The number of carboxylic acid groups (broad SMARTS) is 1. The third-order valence-corrected chi connectivity index (χ3v) is 6.42. The number of carbonyl (C=O) groups is 3. The van der Waals surface area contributed by atoms with Gasteiger partial charge in [0.25, 0.3) is 0 Å². The molecule has 1 heterocycles. The fourth-order valence-corrected chi connectivity index (χ4v) is 4.07. The van der Waals surface area contributed by atoms with Gasteiger partial charge in [-0.05, 0) is 66.8 Å². The number of hydrogen-bond donors (Lipinski definition) is 3. The number of aliphatic carboxylic acids is 1. The van der Waals surface area contributed by atoms with E-state index in [0.29, 0.717) is 23.5 Å². The molecule has 192 valence electrons. The zero-order valence-electron chi connectivity index (χ0n) is 21.3. The molecule has 0 radical (unpaired) electrons. The summed E-state index contributed by atoms with van der Waals surface area (Å²) in [5, 5.41) is 15.1. The first-order valence-electron chi connectivity index (χ1n) is 12.3. The molecule has 3 N–H and O–H groups in total. The van der Waals surface area contributed by atoms with Crippen molar-refractivity contribution in [1.82, 2.24) is 4.98 Å². The number of nitrogens with one attached hydrogen (secondary N) is 2. The molecule has 7 nitrogen and oxygen atoms in total. The van der Waals surface area contributed by atoms with E-state index in [1.54, 1.807) is 36.5 Å². The Balaban J connectivity index is 1.35. The number of hydrogen-bond acceptors (Lipinski definition) is 4. The molecule has 2 amide bonds. The Hall–Kier alpha value is -4.78. The maximum absolute atomic E-state index is 12.8. The number of aryl methyl sites for hydroxylation is 2.